The molecule has 106 valence electrons. The van der Waals surface area contributed by atoms with E-state index in [1.807, 2.05) is 18.2 Å². The minimum atomic E-state index is 0.144. The topological polar surface area (TPSA) is 24.5 Å². The first-order valence-electron chi connectivity index (χ1n) is 6.80. The molecule has 0 unspecified atom stereocenters. The number of ether oxygens (including phenoxy) is 1. The Morgan fingerprint density at radius 3 is 2.95 bits per heavy atom. The molecule has 2 rings (SSSR count). The number of rotatable bonds is 3. The second-order valence-electron chi connectivity index (χ2n) is 5.80. The maximum Gasteiger partial charge on any atom is 0.124 e. The van der Waals surface area contributed by atoms with Crippen LogP contribution in [0.1, 0.15) is 25.8 Å². The predicted molar refractivity (Wildman–Crippen MR) is 80.0 cm³/mol. The highest BCUT2D eigenvalue weighted by molar-refractivity contribution is 6.31. The molecule has 1 saturated heterocycles. The zero-order valence-electron chi connectivity index (χ0n) is 12.0. The third kappa shape index (κ3) is 3.85. The van der Waals surface area contributed by atoms with Crippen LogP contribution in [0.4, 0.5) is 0 Å². The van der Waals surface area contributed by atoms with E-state index in [-0.39, 0.29) is 5.54 Å². The Bertz CT molecular complexity index is 434. The summed E-state index contributed by atoms with van der Waals surface area (Å²) in [6.45, 7) is 8.51. The van der Waals surface area contributed by atoms with Gasteiger partial charge in [-0.25, -0.2) is 0 Å². The standard InChI is InChI=1S/C15H23ClN2O/c1-15(2)11-18(9-5-8-17-15)10-12-13(16)6-4-7-14(12)19-3/h4,6-7,17H,5,8-11H2,1-3H3. The summed E-state index contributed by atoms with van der Waals surface area (Å²) in [5, 5.41) is 4.36. The van der Waals surface area contributed by atoms with Gasteiger partial charge in [-0.1, -0.05) is 17.7 Å². The van der Waals surface area contributed by atoms with Crippen molar-refractivity contribution >= 4 is 11.6 Å². The number of benzene rings is 1. The fourth-order valence-corrected chi connectivity index (χ4v) is 2.89. The molecule has 3 nitrogen and oxygen atoms in total. The zero-order chi connectivity index (χ0) is 13.9. The summed E-state index contributed by atoms with van der Waals surface area (Å²) >= 11 is 6.32. The van der Waals surface area contributed by atoms with E-state index < -0.39 is 0 Å². The number of nitrogens with zero attached hydrogens (tertiary/aromatic N) is 1. The summed E-state index contributed by atoms with van der Waals surface area (Å²) < 4.78 is 5.42. The molecule has 0 aromatic heterocycles. The van der Waals surface area contributed by atoms with Crippen LogP contribution in [0.15, 0.2) is 18.2 Å². The van der Waals surface area contributed by atoms with E-state index in [2.05, 4.69) is 24.1 Å². The van der Waals surface area contributed by atoms with Gasteiger partial charge in [-0.3, -0.25) is 4.90 Å². The summed E-state index contributed by atoms with van der Waals surface area (Å²) in [6, 6.07) is 5.83. The highest BCUT2D eigenvalue weighted by Gasteiger charge is 2.25. The first-order chi connectivity index (χ1) is 9.02. The molecule has 19 heavy (non-hydrogen) atoms. The molecule has 1 aromatic carbocycles. The highest BCUT2D eigenvalue weighted by Crippen LogP contribution is 2.28. The number of hydrogen-bond acceptors (Lipinski definition) is 3. The number of nitrogens with one attached hydrogen (secondary N) is 1. The Hall–Kier alpha value is -0.770. The Morgan fingerprint density at radius 1 is 1.42 bits per heavy atom. The van der Waals surface area contributed by atoms with Crippen LogP contribution < -0.4 is 10.1 Å². The smallest absolute Gasteiger partial charge is 0.124 e. The fourth-order valence-electron chi connectivity index (χ4n) is 2.67. The van der Waals surface area contributed by atoms with Crippen LogP contribution in [0.25, 0.3) is 0 Å². The van der Waals surface area contributed by atoms with Gasteiger partial charge in [-0.05, 0) is 45.5 Å². The lowest BCUT2D eigenvalue weighted by Crippen LogP contribution is -2.46. The quantitative estimate of drug-likeness (QED) is 0.923. The maximum atomic E-state index is 6.32. The number of halogens is 1. The summed E-state index contributed by atoms with van der Waals surface area (Å²) in [5.41, 5.74) is 1.23. The second kappa shape index (κ2) is 6.12. The van der Waals surface area contributed by atoms with Crippen molar-refractivity contribution in [2.75, 3.05) is 26.7 Å². The van der Waals surface area contributed by atoms with Gasteiger partial charge in [0.05, 0.1) is 7.11 Å². The lowest BCUT2D eigenvalue weighted by atomic mass is 10.1. The third-order valence-corrected chi connectivity index (χ3v) is 3.91. The molecule has 0 radical (unpaired) electrons. The molecular weight excluding hydrogens is 260 g/mol. The molecule has 0 amide bonds. The Labute approximate surface area is 120 Å². The van der Waals surface area contributed by atoms with E-state index in [1.54, 1.807) is 7.11 Å². The molecule has 1 aromatic rings. The van der Waals surface area contributed by atoms with Gasteiger partial charge in [-0.15, -0.1) is 0 Å². The molecule has 1 N–H and O–H groups in total. The van der Waals surface area contributed by atoms with Crippen LogP contribution >= 0.6 is 11.6 Å². The van der Waals surface area contributed by atoms with Crippen LogP contribution in [-0.2, 0) is 6.54 Å². The number of methoxy groups -OCH3 is 1. The van der Waals surface area contributed by atoms with E-state index in [9.17, 15) is 0 Å². The Morgan fingerprint density at radius 2 is 2.21 bits per heavy atom. The average molecular weight is 283 g/mol. The van der Waals surface area contributed by atoms with Crippen LogP contribution in [0.3, 0.4) is 0 Å². The monoisotopic (exact) mass is 282 g/mol. The molecule has 0 spiro atoms. The molecule has 0 aliphatic carbocycles. The van der Waals surface area contributed by atoms with Gasteiger partial charge in [0.15, 0.2) is 0 Å². The Kier molecular flexibility index (Phi) is 4.71. The zero-order valence-corrected chi connectivity index (χ0v) is 12.8. The molecule has 0 bridgehead atoms. The first-order valence-corrected chi connectivity index (χ1v) is 7.18. The van der Waals surface area contributed by atoms with Crippen molar-refractivity contribution in [3.63, 3.8) is 0 Å². The first kappa shape index (κ1) is 14.6. The molecule has 4 heteroatoms. The van der Waals surface area contributed by atoms with Crippen molar-refractivity contribution in [2.24, 2.45) is 0 Å². The van der Waals surface area contributed by atoms with Crippen LogP contribution in [0.2, 0.25) is 5.02 Å². The van der Waals surface area contributed by atoms with E-state index in [0.717, 1.165) is 48.9 Å². The molecule has 1 aliphatic rings. The van der Waals surface area contributed by atoms with Gasteiger partial charge < -0.3 is 10.1 Å². The average Bonchev–Trinajstić information content (AvgIpc) is 2.52. The fraction of sp³-hybridized carbons (Fsp3) is 0.600. The maximum absolute atomic E-state index is 6.32. The summed E-state index contributed by atoms with van der Waals surface area (Å²) in [7, 11) is 1.70. The van der Waals surface area contributed by atoms with Gasteiger partial charge in [0, 0.05) is 29.2 Å². The summed E-state index contributed by atoms with van der Waals surface area (Å²) in [4.78, 5) is 2.45. The van der Waals surface area contributed by atoms with Gasteiger partial charge in [0.2, 0.25) is 0 Å². The van der Waals surface area contributed by atoms with Gasteiger partial charge >= 0.3 is 0 Å². The highest BCUT2D eigenvalue weighted by atomic mass is 35.5. The lowest BCUT2D eigenvalue weighted by Gasteiger charge is -2.30. The van der Waals surface area contributed by atoms with E-state index in [0.29, 0.717) is 0 Å². The van der Waals surface area contributed by atoms with Crippen molar-refractivity contribution in [1.82, 2.24) is 10.2 Å². The van der Waals surface area contributed by atoms with Gasteiger partial charge in [0.1, 0.15) is 5.75 Å². The SMILES string of the molecule is COc1cccc(Cl)c1CN1CCCNC(C)(C)C1. The minimum absolute atomic E-state index is 0.144. The minimum Gasteiger partial charge on any atom is -0.496 e. The molecule has 1 heterocycles. The van der Waals surface area contributed by atoms with Gasteiger partial charge in [-0.2, -0.15) is 0 Å². The van der Waals surface area contributed by atoms with Crippen molar-refractivity contribution in [1.29, 1.82) is 0 Å². The molecule has 1 aliphatic heterocycles. The largest absolute Gasteiger partial charge is 0.496 e. The second-order valence-corrected chi connectivity index (χ2v) is 6.20. The summed E-state index contributed by atoms with van der Waals surface area (Å²) in [6.07, 6.45) is 1.16. The van der Waals surface area contributed by atoms with Crippen molar-refractivity contribution in [2.45, 2.75) is 32.4 Å². The lowest BCUT2D eigenvalue weighted by molar-refractivity contribution is 0.221. The predicted octanol–water partition coefficient (Wildman–Crippen LogP) is 2.92. The third-order valence-electron chi connectivity index (χ3n) is 3.55. The Balaban J connectivity index is 2.16. The van der Waals surface area contributed by atoms with Crippen molar-refractivity contribution in [3.05, 3.63) is 28.8 Å². The van der Waals surface area contributed by atoms with Crippen LogP contribution in [-0.4, -0.2) is 37.2 Å². The van der Waals surface area contributed by atoms with Crippen LogP contribution in [0, 0.1) is 0 Å². The van der Waals surface area contributed by atoms with Crippen LogP contribution in [0.5, 0.6) is 5.75 Å². The van der Waals surface area contributed by atoms with E-state index in [4.69, 9.17) is 16.3 Å². The molecule has 0 atom stereocenters. The van der Waals surface area contributed by atoms with Crippen molar-refractivity contribution < 1.29 is 4.74 Å². The molecular formula is C15H23ClN2O. The van der Waals surface area contributed by atoms with Crippen molar-refractivity contribution in [3.8, 4) is 5.75 Å². The molecule has 1 fully saturated rings. The van der Waals surface area contributed by atoms with E-state index >= 15 is 0 Å². The number of hydrogen-bond donors (Lipinski definition) is 1. The molecule has 0 saturated carbocycles. The normalized spacial score (nSPS) is 20.0. The van der Waals surface area contributed by atoms with Gasteiger partial charge in [0.25, 0.3) is 0 Å². The van der Waals surface area contributed by atoms with E-state index in [1.165, 1.54) is 0 Å². The summed E-state index contributed by atoms with van der Waals surface area (Å²) in [5.74, 6) is 0.877.